The molecule has 2 aliphatic rings. The number of rotatable bonds is 8. The molecule has 3 aromatic carbocycles. The highest BCUT2D eigenvalue weighted by atomic mass is 35.5. The molecule has 5 rings (SSSR count). The van der Waals surface area contributed by atoms with Crippen molar-refractivity contribution in [3.05, 3.63) is 101 Å². The van der Waals surface area contributed by atoms with Gasteiger partial charge in [-0.1, -0.05) is 66.2 Å². The number of methoxy groups -OCH3 is 2. The van der Waals surface area contributed by atoms with Crippen LogP contribution in [0.3, 0.4) is 0 Å². The number of carbonyl (C=O) groups excluding carboxylic acids is 3. The first-order valence-electron chi connectivity index (χ1n) is 13.7. The first kappa shape index (κ1) is 28.8. The number of amides is 2. The minimum absolute atomic E-state index is 0.141. The Kier molecular flexibility index (Phi) is 9.03. The van der Waals surface area contributed by atoms with E-state index in [0.717, 1.165) is 11.1 Å². The van der Waals surface area contributed by atoms with Crippen molar-refractivity contribution in [3.8, 4) is 5.75 Å². The fourth-order valence-electron chi connectivity index (χ4n) is 6.11. The summed E-state index contributed by atoms with van der Waals surface area (Å²) in [6.07, 6.45) is 0. The van der Waals surface area contributed by atoms with Crippen LogP contribution in [0.25, 0.3) is 0 Å². The predicted molar refractivity (Wildman–Crippen MR) is 156 cm³/mol. The van der Waals surface area contributed by atoms with E-state index in [9.17, 15) is 14.4 Å². The molecular formula is C32H34ClN3O5. The Hall–Kier alpha value is -3.72. The maximum Gasteiger partial charge on any atom is 0.249 e. The highest BCUT2D eigenvalue weighted by Crippen LogP contribution is 2.52. The number of hydrogen-bond donors (Lipinski definition) is 1. The second kappa shape index (κ2) is 12.9. The van der Waals surface area contributed by atoms with Crippen molar-refractivity contribution in [1.29, 1.82) is 0 Å². The lowest BCUT2D eigenvalue weighted by Gasteiger charge is -2.36. The summed E-state index contributed by atoms with van der Waals surface area (Å²) in [6, 6.07) is 21.9. The Bertz CT molecular complexity index is 1360. The number of nitrogens with one attached hydrogen (secondary N) is 1. The predicted octanol–water partition coefficient (Wildman–Crippen LogP) is 3.96. The highest BCUT2D eigenvalue weighted by Gasteiger charge is 2.58. The van der Waals surface area contributed by atoms with Gasteiger partial charge in [-0.15, -0.1) is 0 Å². The average molecular weight is 576 g/mol. The maximum atomic E-state index is 14.5. The van der Waals surface area contributed by atoms with E-state index < -0.39 is 23.9 Å². The van der Waals surface area contributed by atoms with Crippen molar-refractivity contribution in [2.24, 2.45) is 5.92 Å². The van der Waals surface area contributed by atoms with Crippen LogP contribution in [-0.4, -0.2) is 80.4 Å². The second-order valence-corrected chi connectivity index (χ2v) is 10.7. The zero-order valence-corrected chi connectivity index (χ0v) is 23.9. The average Bonchev–Trinajstić information content (AvgIpc) is 3.38. The zero-order chi connectivity index (χ0) is 28.9. The van der Waals surface area contributed by atoms with Crippen molar-refractivity contribution >= 4 is 29.2 Å². The van der Waals surface area contributed by atoms with Crippen molar-refractivity contribution in [2.45, 2.75) is 18.0 Å². The van der Waals surface area contributed by atoms with Gasteiger partial charge in [0.1, 0.15) is 18.4 Å². The minimum Gasteiger partial charge on any atom is -0.497 e. The minimum atomic E-state index is -0.929. The van der Waals surface area contributed by atoms with E-state index in [1.807, 2.05) is 42.5 Å². The van der Waals surface area contributed by atoms with Crippen molar-refractivity contribution in [3.63, 3.8) is 0 Å². The number of Topliss-reactive ketones (excluding diaryl/α,β-unsaturated/α-hetero) is 1. The van der Waals surface area contributed by atoms with Crippen LogP contribution in [0, 0.1) is 5.92 Å². The number of nitrogens with zero attached hydrogens (tertiary/aromatic N) is 2. The molecule has 2 saturated heterocycles. The molecule has 0 saturated carbocycles. The normalized spacial score (nSPS) is 22.4. The quantitative estimate of drug-likeness (QED) is 0.409. The molecule has 2 aliphatic heterocycles. The lowest BCUT2D eigenvalue weighted by molar-refractivity contribution is -0.148. The van der Waals surface area contributed by atoms with Crippen LogP contribution in [0.4, 0.5) is 0 Å². The molecule has 214 valence electrons. The van der Waals surface area contributed by atoms with Gasteiger partial charge >= 0.3 is 0 Å². The lowest BCUT2D eigenvalue weighted by atomic mass is 9.76. The third-order valence-corrected chi connectivity index (χ3v) is 8.23. The summed E-state index contributed by atoms with van der Waals surface area (Å²) in [5.74, 6) is -1.42. The molecule has 3 aromatic rings. The Labute approximate surface area is 245 Å². The molecule has 1 N–H and O–H groups in total. The van der Waals surface area contributed by atoms with Crippen LogP contribution in [-0.2, 0) is 14.3 Å². The van der Waals surface area contributed by atoms with Gasteiger partial charge in [0.05, 0.1) is 19.1 Å². The van der Waals surface area contributed by atoms with Gasteiger partial charge in [-0.05, 0) is 35.4 Å². The number of carbonyl (C=O) groups is 3. The van der Waals surface area contributed by atoms with Crippen molar-refractivity contribution < 1.29 is 23.9 Å². The van der Waals surface area contributed by atoms with Gasteiger partial charge < -0.3 is 24.6 Å². The summed E-state index contributed by atoms with van der Waals surface area (Å²) >= 11 is 6.27. The summed E-state index contributed by atoms with van der Waals surface area (Å²) in [5, 5.41) is 3.83. The van der Waals surface area contributed by atoms with Crippen LogP contribution in [0.5, 0.6) is 5.75 Å². The monoisotopic (exact) mass is 575 g/mol. The van der Waals surface area contributed by atoms with E-state index in [1.54, 1.807) is 53.3 Å². The van der Waals surface area contributed by atoms with Crippen LogP contribution in [0.1, 0.15) is 33.4 Å². The largest absolute Gasteiger partial charge is 0.497 e. The molecule has 0 aromatic heterocycles. The zero-order valence-electron chi connectivity index (χ0n) is 23.2. The molecule has 0 aliphatic carbocycles. The molecular weight excluding hydrogens is 542 g/mol. The van der Waals surface area contributed by atoms with Gasteiger partial charge in [0.15, 0.2) is 5.78 Å². The Morgan fingerprint density at radius 3 is 2.12 bits per heavy atom. The van der Waals surface area contributed by atoms with Gasteiger partial charge in [0.25, 0.3) is 0 Å². The molecule has 0 radical (unpaired) electrons. The number of ether oxygens (including phenoxy) is 2. The van der Waals surface area contributed by atoms with Crippen LogP contribution in [0.2, 0.25) is 5.02 Å². The summed E-state index contributed by atoms with van der Waals surface area (Å²) in [7, 11) is 3.03. The van der Waals surface area contributed by atoms with Crippen LogP contribution < -0.4 is 10.1 Å². The van der Waals surface area contributed by atoms with Gasteiger partial charge in [0, 0.05) is 49.8 Å². The molecule has 2 amide bonds. The second-order valence-electron chi connectivity index (χ2n) is 10.3. The van der Waals surface area contributed by atoms with Gasteiger partial charge in [-0.3, -0.25) is 14.4 Å². The van der Waals surface area contributed by atoms with E-state index >= 15 is 0 Å². The topological polar surface area (TPSA) is 88.2 Å². The molecule has 8 nitrogen and oxygen atoms in total. The van der Waals surface area contributed by atoms with Crippen molar-refractivity contribution in [1.82, 2.24) is 15.1 Å². The van der Waals surface area contributed by atoms with E-state index in [2.05, 4.69) is 5.32 Å². The summed E-state index contributed by atoms with van der Waals surface area (Å²) < 4.78 is 10.7. The molecule has 0 bridgehead atoms. The van der Waals surface area contributed by atoms with E-state index in [-0.39, 0.29) is 24.2 Å². The van der Waals surface area contributed by atoms with E-state index in [4.69, 9.17) is 21.1 Å². The van der Waals surface area contributed by atoms with E-state index in [1.165, 1.54) is 7.11 Å². The first-order valence-corrected chi connectivity index (χ1v) is 14.1. The summed E-state index contributed by atoms with van der Waals surface area (Å²) in [4.78, 5) is 46.3. The SMILES string of the molecule is COCC(=O)N1C(C(=O)N2CCNCC2)C(c2ccc(Cl)cc2)C(C(=O)c2ccccc2)C1c1ccc(OC)cc1. The smallest absolute Gasteiger partial charge is 0.249 e. The van der Waals surface area contributed by atoms with Crippen LogP contribution >= 0.6 is 11.6 Å². The summed E-state index contributed by atoms with van der Waals surface area (Å²) in [6.45, 7) is 2.12. The first-order chi connectivity index (χ1) is 19.9. The standard InChI is InChI=1S/C32H34ClN3O5/c1-40-20-26(37)36-29(22-10-14-25(41-2)15-11-22)28(31(38)23-6-4-3-5-7-23)27(21-8-12-24(33)13-9-21)30(36)32(39)35-18-16-34-17-19-35/h3-15,27-30,34H,16-20H2,1-2H3. The maximum absolute atomic E-state index is 14.5. The molecule has 41 heavy (non-hydrogen) atoms. The lowest BCUT2D eigenvalue weighted by Crippen LogP contribution is -2.55. The molecule has 9 heteroatoms. The van der Waals surface area contributed by atoms with Crippen LogP contribution in [0.15, 0.2) is 78.9 Å². The number of benzene rings is 3. The number of halogens is 1. The number of piperazine rings is 1. The number of likely N-dealkylation sites (tertiary alicyclic amines) is 1. The van der Waals surface area contributed by atoms with E-state index in [0.29, 0.717) is 42.5 Å². The fraction of sp³-hybridized carbons (Fsp3) is 0.344. The highest BCUT2D eigenvalue weighted by molar-refractivity contribution is 6.30. The fourth-order valence-corrected chi connectivity index (χ4v) is 6.24. The number of hydrogen-bond acceptors (Lipinski definition) is 6. The number of ketones is 1. The Morgan fingerprint density at radius 2 is 1.51 bits per heavy atom. The molecule has 4 unspecified atom stereocenters. The third-order valence-electron chi connectivity index (χ3n) is 7.98. The Morgan fingerprint density at radius 1 is 0.878 bits per heavy atom. The molecule has 2 heterocycles. The van der Waals surface area contributed by atoms with Gasteiger partial charge in [0.2, 0.25) is 11.8 Å². The third kappa shape index (κ3) is 5.86. The van der Waals surface area contributed by atoms with Gasteiger partial charge in [-0.2, -0.15) is 0 Å². The Balaban J connectivity index is 1.74. The molecule has 4 atom stereocenters. The summed E-state index contributed by atoms with van der Waals surface area (Å²) in [5.41, 5.74) is 2.02. The molecule has 0 spiro atoms. The van der Waals surface area contributed by atoms with Crippen molar-refractivity contribution in [2.75, 3.05) is 47.0 Å². The molecule has 2 fully saturated rings. The van der Waals surface area contributed by atoms with Gasteiger partial charge in [-0.25, -0.2) is 0 Å².